The van der Waals surface area contributed by atoms with Crippen LogP contribution in [0.4, 0.5) is 5.69 Å². The number of para-hydroxylation sites is 1. The minimum absolute atomic E-state index is 0.207. The number of benzene rings is 4. The fourth-order valence-corrected chi connectivity index (χ4v) is 6.74. The molecule has 2 aliphatic rings. The topological polar surface area (TPSA) is 110 Å². The van der Waals surface area contributed by atoms with Gasteiger partial charge in [-0.05, 0) is 78.2 Å². The molecule has 0 unspecified atom stereocenters. The number of nitrogens with one attached hydrogen (secondary N) is 1. The summed E-state index contributed by atoms with van der Waals surface area (Å²) in [6.45, 7) is 2.30. The summed E-state index contributed by atoms with van der Waals surface area (Å²) in [7, 11) is 3.15. The Kier molecular flexibility index (Phi) is 8.43. The van der Waals surface area contributed by atoms with Gasteiger partial charge in [-0.2, -0.15) is 0 Å². The van der Waals surface area contributed by atoms with Gasteiger partial charge >= 0.3 is 0 Å². The highest BCUT2D eigenvalue weighted by Gasteiger charge is 2.33. The minimum Gasteiger partial charge on any atom is -0.497 e. The van der Waals surface area contributed by atoms with E-state index in [0.29, 0.717) is 61.6 Å². The van der Waals surface area contributed by atoms with Crippen LogP contribution >= 0.6 is 11.3 Å². The van der Waals surface area contributed by atoms with Crippen LogP contribution in [0.1, 0.15) is 29.7 Å². The molecule has 3 heterocycles. The van der Waals surface area contributed by atoms with Crippen LogP contribution in [0.15, 0.2) is 112 Å². The molecule has 0 bridgehead atoms. The lowest BCUT2D eigenvalue weighted by Crippen LogP contribution is -2.40. The molecular formula is C37H31N3O7S. The van der Waals surface area contributed by atoms with E-state index in [1.807, 2.05) is 91.0 Å². The monoisotopic (exact) mass is 661 g/mol. The minimum atomic E-state index is -0.733. The quantitative estimate of drug-likeness (QED) is 0.231. The van der Waals surface area contributed by atoms with Gasteiger partial charge in [0.25, 0.3) is 11.5 Å². The van der Waals surface area contributed by atoms with E-state index in [9.17, 15) is 9.59 Å². The molecule has 1 amide bonds. The molecule has 5 aromatic rings. The first-order chi connectivity index (χ1) is 23.4. The first-order valence-corrected chi connectivity index (χ1v) is 16.0. The zero-order valence-electron chi connectivity index (χ0n) is 26.4. The van der Waals surface area contributed by atoms with E-state index >= 15 is 0 Å². The number of carbonyl (C=O) groups excluding carboxylic acids is 1. The maximum absolute atomic E-state index is 14.2. The number of rotatable bonds is 9. The van der Waals surface area contributed by atoms with Crippen molar-refractivity contribution in [1.29, 1.82) is 0 Å². The summed E-state index contributed by atoms with van der Waals surface area (Å²) in [4.78, 5) is 33.2. The average Bonchev–Trinajstić information content (AvgIpc) is 3.70. The van der Waals surface area contributed by atoms with Gasteiger partial charge in [0.05, 0.1) is 36.1 Å². The van der Waals surface area contributed by atoms with Crippen molar-refractivity contribution in [2.45, 2.75) is 19.6 Å². The van der Waals surface area contributed by atoms with Gasteiger partial charge in [-0.1, -0.05) is 53.8 Å². The average molecular weight is 662 g/mol. The van der Waals surface area contributed by atoms with E-state index in [2.05, 4.69) is 5.32 Å². The van der Waals surface area contributed by atoms with Crippen LogP contribution in [0.3, 0.4) is 0 Å². The molecule has 0 radical (unpaired) electrons. The van der Waals surface area contributed by atoms with Crippen molar-refractivity contribution in [1.82, 2.24) is 4.57 Å². The molecule has 48 heavy (non-hydrogen) atoms. The van der Waals surface area contributed by atoms with Gasteiger partial charge in [-0.25, -0.2) is 4.99 Å². The third kappa shape index (κ3) is 6.03. The zero-order valence-corrected chi connectivity index (χ0v) is 27.2. The number of nitrogens with zero attached hydrogens (tertiary/aromatic N) is 2. The molecule has 0 saturated carbocycles. The molecule has 1 atom stereocenters. The number of amides is 1. The van der Waals surface area contributed by atoms with E-state index < -0.39 is 6.04 Å². The second-order valence-electron chi connectivity index (χ2n) is 11.1. The molecule has 7 rings (SSSR count). The van der Waals surface area contributed by atoms with Crippen LogP contribution in [0, 0.1) is 0 Å². The van der Waals surface area contributed by atoms with E-state index in [0.717, 1.165) is 16.7 Å². The van der Waals surface area contributed by atoms with Crippen molar-refractivity contribution < 1.29 is 28.5 Å². The number of fused-ring (bicyclic) bond motifs is 2. The molecule has 0 aliphatic carbocycles. The third-order valence-corrected chi connectivity index (χ3v) is 9.01. The molecule has 242 valence electrons. The van der Waals surface area contributed by atoms with Gasteiger partial charge in [-0.15, -0.1) is 0 Å². The molecule has 2 aliphatic heterocycles. The Hall–Kier alpha value is -5.81. The number of methoxy groups -OCH3 is 2. The fourth-order valence-electron chi connectivity index (χ4n) is 5.70. The van der Waals surface area contributed by atoms with E-state index in [1.54, 1.807) is 31.8 Å². The number of carbonyl (C=O) groups is 1. The number of hydrogen-bond donors (Lipinski definition) is 1. The van der Waals surface area contributed by atoms with Crippen molar-refractivity contribution >= 4 is 29.0 Å². The Labute approximate surface area is 279 Å². The highest BCUT2D eigenvalue weighted by molar-refractivity contribution is 7.07. The predicted molar refractivity (Wildman–Crippen MR) is 182 cm³/mol. The molecule has 11 heteroatoms. The van der Waals surface area contributed by atoms with E-state index in [-0.39, 0.29) is 18.3 Å². The van der Waals surface area contributed by atoms with Crippen molar-refractivity contribution in [3.63, 3.8) is 0 Å². The van der Waals surface area contributed by atoms with Gasteiger partial charge in [0, 0.05) is 5.69 Å². The van der Waals surface area contributed by atoms with Gasteiger partial charge in [0.15, 0.2) is 27.8 Å². The van der Waals surface area contributed by atoms with Gasteiger partial charge < -0.3 is 29.0 Å². The molecule has 10 nitrogen and oxygen atoms in total. The number of aromatic nitrogens is 1. The van der Waals surface area contributed by atoms with Gasteiger partial charge in [0.1, 0.15) is 12.4 Å². The van der Waals surface area contributed by atoms with Crippen LogP contribution in [0.5, 0.6) is 28.7 Å². The Balaban J connectivity index is 1.23. The summed E-state index contributed by atoms with van der Waals surface area (Å²) >= 11 is 1.26. The Morgan fingerprint density at radius 2 is 1.79 bits per heavy atom. The van der Waals surface area contributed by atoms with E-state index in [1.165, 1.54) is 11.3 Å². The SMILES string of the molecule is COc1cccc([C@@H]2C(C(=O)Nc3ccccc3)=C(C)N=c3s/c(=C\c4ccc(OCc5ccc6c(c5)OCO6)c(OC)c4)c(=O)n32)c1. The van der Waals surface area contributed by atoms with Crippen LogP contribution in [-0.4, -0.2) is 31.5 Å². The summed E-state index contributed by atoms with van der Waals surface area (Å²) in [6, 6.07) is 27.0. The predicted octanol–water partition coefficient (Wildman–Crippen LogP) is 5.20. The normalized spacial score (nSPS) is 15.1. The highest BCUT2D eigenvalue weighted by atomic mass is 32.1. The van der Waals surface area contributed by atoms with Crippen molar-refractivity contribution in [2.75, 3.05) is 26.3 Å². The molecule has 0 fully saturated rings. The largest absolute Gasteiger partial charge is 0.497 e. The maximum atomic E-state index is 14.2. The van der Waals surface area contributed by atoms with Crippen molar-refractivity contribution in [3.05, 3.63) is 139 Å². The smallest absolute Gasteiger partial charge is 0.271 e. The number of allylic oxidation sites excluding steroid dienone is 1. The molecular weight excluding hydrogens is 630 g/mol. The van der Waals surface area contributed by atoms with Crippen LogP contribution in [0.2, 0.25) is 0 Å². The summed E-state index contributed by atoms with van der Waals surface area (Å²) in [5, 5.41) is 2.97. The second-order valence-corrected chi connectivity index (χ2v) is 12.1. The first kappa shape index (κ1) is 30.8. The summed E-state index contributed by atoms with van der Waals surface area (Å²) in [5.74, 6) is 2.74. The zero-order chi connectivity index (χ0) is 33.2. The van der Waals surface area contributed by atoms with Crippen LogP contribution in [-0.2, 0) is 11.4 Å². The second kappa shape index (κ2) is 13.1. The maximum Gasteiger partial charge on any atom is 0.271 e. The lowest BCUT2D eigenvalue weighted by molar-refractivity contribution is -0.113. The first-order valence-electron chi connectivity index (χ1n) is 15.1. The summed E-state index contributed by atoms with van der Waals surface area (Å²) in [5.41, 5.74) is 3.65. The van der Waals surface area contributed by atoms with Crippen molar-refractivity contribution in [3.8, 4) is 28.7 Å². The van der Waals surface area contributed by atoms with Gasteiger partial charge in [0.2, 0.25) is 6.79 Å². The highest BCUT2D eigenvalue weighted by Crippen LogP contribution is 2.35. The van der Waals surface area contributed by atoms with Gasteiger partial charge in [-0.3, -0.25) is 14.2 Å². The number of ether oxygens (including phenoxy) is 5. The number of thiazole rings is 1. The molecule has 1 aromatic heterocycles. The molecule has 1 N–H and O–H groups in total. The molecule has 0 spiro atoms. The fraction of sp³-hybridized carbons (Fsp3) is 0.162. The Bertz CT molecular complexity index is 2240. The molecule has 0 saturated heterocycles. The van der Waals surface area contributed by atoms with E-state index in [4.69, 9.17) is 28.7 Å². The lowest BCUT2D eigenvalue weighted by Gasteiger charge is -2.25. The van der Waals surface area contributed by atoms with Crippen molar-refractivity contribution in [2.24, 2.45) is 4.99 Å². The van der Waals surface area contributed by atoms with Crippen LogP contribution in [0.25, 0.3) is 6.08 Å². The summed E-state index contributed by atoms with van der Waals surface area (Å²) < 4.78 is 30.1. The lowest BCUT2D eigenvalue weighted by atomic mass is 9.95. The Morgan fingerprint density at radius 3 is 2.60 bits per heavy atom. The standard InChI is InChI=1S/C37H31N3O7S/c1-22-33(35(41)39-26-9-5-4-6-10-26)34(25-8-7-11-27(19-25)43-2)40-36(42)32(48-37(40)38-22)18-23-12-14-28(30(16-23)44-3)45-20-24-13-15-29-31(17-24)47-21-46-29/h4-19,34H,20-21H2,1-3H3,(H,39,41)/b32-18-/t34-/m1/s1. The van der Waals surface area contributed by atoms with Crippen LogP contribution < -0.4 is 43.9 Å². The third-order valence-electron chi connectivity index (χ3n) is 8.02. The number of hydrogen-bond acceptors (Lipinski definition) is 9. The number of anilines is 1. The summed E-state index contributed by atoms with van der Waals surface area (Å²) in [6.07, 6.45) is 1.79. The Morgan fingerprint density at radius 1 is 0.958 bits per heavy atom. The molecule has 4 aromatic carbocycles.